The number of nitrogens with one attached hydrogen (secondary N) is 1. The molecule has 1 saturated heterocycles. The minimum atomic E-state index is -0.194. The van der Waals surface area contributed by atoms with Gasteiger partial charge in [-0.3, -0.25) is 9.59 Å². The minimum Gasteiger partial charge on any atom is -0.490 e. The standard InChI is InChI=1S/C21H31ClN2O5/c1-4-27-17-13-15(14-18(28-5-2)20(17)29-6-3)21(26)23-16-8-11-24(12-9-16)19(25)7-10-22/h13-14,16H,4-12H2,1-3H3,(H,23,26). The topological polar surface area (TPSA) is 77.1 Å². The molecule has 1 aliphatic rings. The van der Waals surface area contributed by atoms with Crippen molar-refractivity contribution in [1.82, 2.24) is 10.2 Å². The number of piperidine rings is 1. The van der Waals surface area contributed by atoms with Crippen molar-refractivity contribution in [3.8, 4) is 17.2 Å². The molecule has 29 heavy (non-hydrogen) atoms. The van der Waals surface area contributed by atoms with E-state index < -0.39 is 0 Å². The Morgan fingerprint density at radius 1 is 1.03 bits per heavy atom. The molecule has 0 unspecified atom stereocenters. The molecule has 1 aromatic rings. The number of rotatable bonds is 10. The molecular weight excluding hydrogens is 396 g/mol. The van der Waals surface area contributed by atoms with Crippen molar-refractivity contribution in [3.63, 3.8) is 0 Å². The third kappa shape index (κ3) is 6.42. The van der Waals surface area contributed by atoms with Crippen molar-refractivity contribution in [2.24, 2.45) is 0 Å². The van der Waals surface area contributed by atoms with E-state index >= 15 is 0 Å². The van der Waals surface area contributed by atoms with Gasteiger partial charge in [0.15, 0.2) is 11.5 Å². The Kier molecular flexibility index (Phi) is 9.38. The summed E-state index contributed by atoms with van der Waals surface area (Å²) in [5.41, 5.74) is 0.459. The van der Waals surface area contributed by atoms with Crippen molar-refractivity contribution >= 4 is 23.4 Å². The lowest BCUT2D eigenvalue weighted by molar-refractivity contribution is -0.131. The van der Waals surface area contributed by atoms with E-state index in [-0.39, 0.29) is 17.9 Å². The predicted molar refractivity (Wildman–Crippen MR) is 112 cm³/mol. The Bertz CT molecular complexity index is 663. The summed E-state index contributed by atoms with van der Waals surface area (Å²) in [5, 5.41) is 3.06. The van der Waals surface area contributed by atoms with E-state index in [1.165, 1.54) is 0 Å². The van der Waals surface area contributed by atoms with E-state index in [2.05, 4.69) is 5.32 Å². The van der Waals surface area contributed by atoms with Crippen LogP contribution in [0.15, 0.2) is 12.1 Å². The molecular formula is C21H31ClN2O5. The Morgan fingerprint density at radius 3 is 2.07 bits per heavy atom. The lowest BCUT2D eigenvalue weighted by Crippen LogP contribution is -2.46. The molecule has 162 valence electrons. The average Bonchev–Trinajstić information content (AvgIpc) is 2.71. The number of benzene rings is 1. The minimum absolute atomic E-state index is 0.0141. The van der Waals surface area contributed by atoms with Crippen LogP contribution in [-0.2, 0) is 4.79 Å². The Hall–Kier alpha value is -2.15. The molecule has 0 atom stereocenters. The number of hydrogen-bond donors (Lipinski definition) is 1. The first kappa shape index (κ1) is 23.1. The van der Waals surface area contributed by atoms with E-state index in [1.807, 2.05) is 25.7 Å². The first-order valence-corrected chi connectivity index (χ1v) is 10.8. The van der Waals surface area contributed by atoms with Gasteiger partial charge < -0.3 is 24.4 Å². The van der Waals surface area contributed by atoms with Gasteiger partial charge in [0.2, 0.25) is 11.7 Å². The van der Waals surface area contributed by atoms with Gasteiger partial charge in [-0.15, -0.1) is 11.6 Å². The summed E-state index contributed by atoms with van der Waals surface area (Å²) in [6.45, 7) is 8.25. The number of amides is 2. The van der Waals surface area contributed by atoms with E-state index in [0.29, 0.717) is 80.9 Å². The average molecular weight is 427 g/mol. The van der Waals surface area contributed by atoms with Gasteiger partial charge in [-0.1, -0.05) is 0 Å². The second kappa shape index (κ2) is 11.8. The molecule has 1 aromatic carbocycles. The maximum Gasteiger partial charge on any atom is 0.251 e. The normalized spacial score (nSPS) is 14.4. The van der Waals surface area contributed by atoms with Gasteiger partial charge in [0.05, 0.1) is 19.8 Å². The largest absolute Gasteiger partial charge is 0.490 e. The van der Waals surface area contributed by atoms with Crippen LogP contribution in [0.4, 0.5) is 0 Å². The number of likely N-dealkylation sites (tertiary alicyclic amines) is 1. The number of hydrogen-bond acceptors (Lipinski definition) is 5. The van der Waals surface area contributed by atoms with Crippen LogP contribution in [-0.4, -0.2) is 61.5 Å². The van der Waals surface area contributed by atoms with E-state index in [9.17, 15) is 9.59 Å². The zero-order chi connectivity index (χ0) is 21.2. The van der Waals surface area contributed by atoms with Gasteiger partial charge in [-0.05, 0) is 45.7 Å². The summed E-state index contributed by atoms with van der Waals surface area (Å²) < 4.78 is 17.0. The molecule has 7 nitrogen and oxygen atoms in total. The van der Waals surface area contributed by atoms with Crippen molar-refractivity contribution in [3.05, 3.63) is 17.7 Å². The SMILES string of the molecule is CCOc1cc(C(=O)NC2CCN(C(=O)CCCl)CC2)cc(OCC)c1OCC. The summed E-state index contributed by atoms with van der Waals surface area (Å²) in [6.07, 6.45) is 1.78. The van der Waals surface area contributed by atoms with E-state index in [0.717, 1.165) is 0 Å². The van der Waals surface area contributed by atoms with Crippen LogP contribution in [0.25, 0.3) is 0 Å². The molecule has 2 amide bonds. The molecule has 1 aliphatic heterocycles. The van der Waals surface area contributed by atoms with Crippen molar-refractivity contribution in [1.29, 1.82) is 0 Å². The lowest BCUT2D eigenvalue weighted by Gasteiger charge is -2.32. The summed E-state index contributed by atoms with van der Waals surface area (Å²) >= 11 is 5.65. The third-order valence-corrected chi connectivity index (χ3v) is 4.85. The maximum absolute atomic E-state index is 12.9. The van der Waals surface area contributed by atoms with E-state index in [1.54, 1.807) is 12.1 Å². The molecule has 0 aromatic heterocycles. The maximum atomic E-state index is 12.9. The third-order valence-electron chi connectivity index (χ3n) is 4.66. The number of carbonyl (C=O) groups is 2. The van der Waals surface area contributed by atoms with Gasteiger partial charge in [0.1, 0.15) is 0 Å². The van der Waals surface area contributed by atoms with Gasteiger partial charge in [-0.2, -0.15) is 0 Å². The molecule has 0 saturated carbocycles. The van der Waals surface area contributed by atoms with Crippen LogP contribution in [0.2, 0.25) is 0 Å². The molecule has 1 N–H and O–H groups in total. The van der Waals surface area contributed by atoms with Gasteiger partial charge in [0, 0.05) is 37.0 Å². The first-order chi connectivity index (χ1) is 14.0. The monoisotopic (exact) mass is 426 g/mol. The molecule has 1 heterocycles. The van der Waals surface area contributed by atoms with Crippen LogP contribution in [0.3, 0.4) is 0 Å². The fourth-order valence-electron chi connectivity index (χ4n) is 3.30. The molecule has 2 rings (SSSR count). The number of alkyl halides is 1. The van der Waals surface area contributed by atoms with Crippen LogP contribution in [0.1, 0.15) is 50.4 Å². The molecule has 0 bridgehead atoms. The number of nitrogens with zero attached hydrogens (tertiary/aromatic N) is 1. The zero-order valence-electron chi connectivity index (χ0n) is 17.5. The molecule has 8 heteroatoms. The van der Waals surface area contributed by atoms with E-state index in [4.69, 9.17) is 25.8 Å². The van der Waals surface area contributed by atoms with Gasteiger partial charge in [-0.25, -0.2) is 0 Å². The molecule has 0 spiro atoms. The molecule has 0 aliphatic carbocycles. The van der Waals surface area contributed by atoms with Crippen LogP contribution in [0, 0.1) is 0 Å². The zero-order valence-corrected chi connectivity index (χ0v) is 18.2. The number of halogens is 1. The van der Waals surface area contributed by atoms with Gasteiger partial charge >= 0.3 is 0 Å². The smallest absolute Gasteiger partial charge is 0.251 e. The molecule has 1 fully saturated rings. The second-order valence-electron chi connectivity index (χ2n) is 6.67. The van der Waals surface area contributed by atoms with Crippen molar-refractivity contribution in [2.75, 3.05) is 38.8 Å². The fourth-order valence-corrected chi connectivity index (χ4v) is 3.46. The Morgan fingerprint density at radius 2 is 1.59 bits per heavy atom. The lowest BCUT2D eigenvalue weighted by atomic mass is 10.0. The van der Waals surface area contributed by atoms with Gasteiger partial charge in [0.25, 0.3) is 5.91 Å². The summed E-state index contributed by atoms with van der Waals surface area (Å²) in [7, 11) is 0. The Balaban J connectivity index is 2.09. The summed E-state index contributed by atoms with van der Waals surface area (Å²) in [5.74, 6) is 1.70. The van der Waals surface area contributed by atoms with Crippen LogP contribution in [0.5, 0.6) is 17.2 Å². The summed E-state index contributed by atoms with van der Waals surface area (Å²) in [6, 6.07) is 3.39. The quantitative estimate of drug-likeness (QED) is 0.581. The molecule has 0 radical (unpaired) electrons. The highest BCUT2D eigenvalue weighted by Crippen LogP contribution is 2.39. The highest BCUT2D eigenvalue weighted by Gasteiger charge is 2.25. The summed E-state index contributed by atoms with van der Waals surface area (Å²) in [4.78, 5) is 26.6. The number of ether oxygens (including phenoxy) is 3. The fraction of sp³-hybridized carbons (Fsp3) is 0.619. The van der Waals surface area contributed by atoms with Crippen molar-refractivity contribution in [2.45, 2.75) is 46.1 Å². The highest BCUT2D eigenvalue weighted by atomic mass is 35.5. The number of carbonyl (C=O) groups excluding carboxylic acids is 2. The van der Waals surface area contributed by atoms with Crippen molar-refractivity contribution < 1.29 is 23.8 Å². The first-order valence-electron chi connectivity index (χ1n) is 10.2. The Labute approximate surface area is 177 Å². The predicted octanol–water partition coefficient (Wildman–Crippen LogP) is 3.23. The second-order valence-corrected chi connectivity index (χ2v) is 7.05. The van der Waals surface area contributed by atoms with Crippen LogP contribution >= 0.6 is 11.6 Å². The highest BCUT2D eigenvalue weighted by molar-refractivity contribution is 6.18. The van der Waals surface area contributed by atoms with Crippen LogP contribution < -0.4 is 19.5 Å².